The van der Waals surface area contributed by atoms with E-state index in [0.29, 0.717) is 0 Å². The molecule has 0 bridgehead atoms. The van der Waals surface area contributed by atoms with Gasteiger partial charge in [0.25, 0.3) is 0 Å². The monoisotopic (exact) mass is 196 g/mol. The topological polar surface area (TPSA) is 52.0 Å². The van der Waals surface area contributed by atoms with E-state index in [1.807, 2.05) is 13.2 Å². The van der Waals surface area contributed by atoms with Crippen molar-refractivity contribution in [1.29, 1.82) is 0 Å². The summed E-state index contributed by atoms with van der Waals surface area (Å²) in [5, 5.41) is 0. The Morgan fingerprint density at radius 3 is 2.38 bits per heavy atom. The molecular formula is C10H16N2S. The van der Waals surface area contributed by atoms with Crippen molar-refractivity contribution in [2.45, 2.75) is 25.2 Å². The third kappa shape index (κ3) is 1.75. The smallest absolute Gasteiger partial charge is 0.0535 e. The SMILES string of the molecule is CCc1cc(C)c(N)c(SC)c1N. The highest BCUT2D eigenvalue weighted by atomic mass is 32.2. The lowest BCUT2D eigenvalue weighted by Gasteiger charge is -2.13. The van der Waals surface area contributed by atoms with Crippen molar-refractivity contribution in [3.63, 3.8) is 0 Å². The van der Waals surface area contributed by atoms with Crippen LogP contribution in [0.5, 0.6) is 0 Å². The third-order valence-electron chi connectivity index (χ3n) is 2.24. The highest BCUT2D eigenvalue weighted by molar-refractivity contribution is 7.99. The first-order valence-corrected chi connectivity index (χ1v) is 5.55. The van der Waals surface area contributed by atoms with Crippen LogP contribution in [0.25, 0.3) is 0 Å². The number of rotatable bonds is 2. The zero-order valence-electron chi connectivity index (χ0n) is 8.35. The molecule has 2 nitrogen and oxygen atoms in total. The van der Waals surface area contributed by atoms with Gasteiger partial charge in [0.1, 0.15) is 0 Å². The maximum absolute atomic E-state index is 5.97. The summed E-state index contributed by atoms with van der Waals surface area (Å²) >= 11 is 1.62. The predicted octanol–water partition coefficient (Wildman–Crippen LogP) is 2.44. The molecule has 0 aromatic heterocycles. The number of anilines is 2. The molecule has 0 saturated carbocycles. The first kappa shape index (κ1) is 10.3. The van der Waals surface area contributed by atoms with Crippen molar-refractivity contribution < 1.29 is 0 Å². The molecule has 0 radical (unpaired) electrons. The number of hydrogen-bond donors (Lipinski definition) is 2. The Hall–Kier alpha value is -0.830. The van der Waals surface area contributed by atoms with Crippen LogP contribution in [-0.2, 0) is 6.42 Å². The molecule has 3 heteroatoms. The maximum atomic E-state index is 5.97. The molecule has 0 amide bonds. The Kier molecular flexibility index (Phi) is 3.09. The van der Waals surface area contributed by atoms with E-state index in [9.17, 15) is 0 Å². The molecular weight excluding hydrogens is 180 g/mol. The lowest BCUT2D eigenvalue weighted by Crippen LogP contribution is -2.01. The lowest BCUT2D eigenvalue weighted by molar-refractivity contribution is 1.12. The molecule has 72 valence electrons. The Morgan fingerprint density at radius 1 is 1.31 bits per heavy atom. The number of aryl methyl sites for hydroxylation is 2. The fourth-order valence-electron chi connectivity index (χ4n) is 1.40. The van der Waals surface area contributed by atoms with Gasteiger partial charge in [-0.1, -0.05) is 13.0 Å². The van der Waals surface area contributed by atoms with Crippen molar-refractivity contribution in [2.75, 3.05) is 17.7 Å². The normalized spacial score (nSPS) is 10.4. The second-order valence-electron chi connectivity index (χ2n) is 3.07. The maximum Gasteiger partial charge on any atom is 0.0535 e. The van der Waals surface area contributed by atoms with Crippen LogP contribution in [0, 0.1) is 6.92 Å². The van der Waals surface area contributed by atoms with Gasteiger partial charge >= 0.3 is 0 Å². The highest BCUT2D eigenvalue weighted by Crippen LogP contribution is 2.34. The van der Waals surface area contributed by atoms with Crippen molar-refractivity contribution >= 4 is 23.1 Å². The largest absolute Gasteiger partial charge is 0.398 e. The summed E-state index contributed by atoms with van der Waals surface area (Å²) in [6.07, 6.45) is 2.96. The van der Waals surface area contributed by atoms with Crippen LogP contribution in [0.15, 0.2) is 11.0 Å². The molecule has 0 heterocycles. The zero-order valence-corrected chi connectivity index (χ0v) is 9.16. The minimum atomic E-state index is 0.821. The van der Waals surface area contributed by atoms with Crippen molar-refractivity contribution in [3.05, 3.63) is 17.2 Å². The Labute approximate surface area is 83.7 Å². The molecule has 0 saturated heterocycles. The van der Waals surface area contributed by atoms with Crippen LogP contribution in [0.2, 0.25) is 0 Å². The van der Waals surface area contributed by atoms with E-state index >= 15 is 0 Å². The van der Waals surface area contributed by atoms with E-state index in [2.05, 4.69) is 13.0 Å². The van der Waals surface area contributed by atoms with Crippen LogP contribution in [0.4, 0.5) is 11.4 Å². The van der Waals surface area contributed by atoms with Gasteiger partial charge < -0.3 is 11.5 Å². The first-order chi connectivity index (χ1) is 6.11. The third-order valence-corrected chi connectivity index (χ3v) is 3.08. The predicted molar refractivity (Wildman–Crippen MR) is 61.2 cm³/mol. The quantitative estimate of drug-likeness (QED) is 0.564. The van der Waals surface area contributed by atoms with Crippen molar-refractivity contribution in [2.24, 2.45) is 0 Å². The molecule has 1 aromatic carbocycles. The van der Waals surface area contributed by atoms with Gasteiger partial charge in [-0.2, -0.15) is 0 Å². The molecule has 1 aromatic rings. The molecule has 0 aliphatic heterocycles. The highest BCUT2D eigenvalue weighted by Gasteiger charge is 2.09. The van der Waals surface area contributed by atoms with Crippen LogP contribution < -0.4 is 11.5 Å². The fourth-order valence-corrected chi connectivity index (χ4v) is 2.13. The number of hydrogen-bond acceptors (Lipinski definition) is 3. The molecule has 0 spiro atoms. The second-order valence-corrected chi connectivity index (χ2v) is 3.88. The van der Waals surface area contributed by atoms with Gasteiger partial charge in [0.15, 0.2) is 0 Å². The van der Waals surface area contributed by atoms with Gasteiger partial charge in [-0.15, -0.1) is 11.8 Å². The molecule has 0 aliphatic rings. The second kappa shape index (κ2) is 3.92. The molecule has 0 unspecified atom stereocenters. The van der Waals surface area contributed by atoms with E-state index in [4.69, 9.17) is 11.5 Å². The van der Waals surface area contributed by atoms with E-state index in [1.165, 1.54) is 5.56 Å². The summed E-state index contributed by atoms with van der Waals surface area (Å²) in [5.41, 5.74) is 15.9. The van der Waals surface area contributed by atoms with Gasteiger partial charge in [-0.3, -0.25) is 0 Å². The van der Waals surface area contributed by atoms with E-state index < -0.39 is 0 Å². The minimum absolute atomic E-state index is 0.821. The van der Waals surface area contributed by atoms with Gasteiger partial charge in [0, 0.05) is 0 Å². The van der Waals surface area contributed by atoms with Gasteiger partial charge in [0.05, 0.1) is 16.3 Å². The van der Waals surface area contributed by atoms with Gasteiger partial charge in [-0.05, 0) is 30.7 Å². The summed E-state index contributed by atoms with van der Waals surface area (Å²) < 4.78 is 0. The van der Waals surface area contributed by atoms with E-state index in [0.717, 1.165) is 28.3 Å². The van der Waals surface area contributed by atoms with Crippen molar-refractivity contribution in [3.8, 4) is 0 Å². The number of thioether (sulfide) groups is 1. The molecule has 0 fully saturated rings. The first-order valence-electron chi connectivity index (χ1n) is 4.33. The average molecular weight is 196 g/mol. The Balaban J connectivity index is 3.39. The number of nitrogen functional groups attached to an aromatic ring is 2. The van der Waals surface area contributed by atoms with E-state index in [-0.39, 0.29) is 0 Å². The summed E-state index contributed by atoms with van der Waals surface area (Å²) in [6, 6.07) is 2.07. The van der Waals surface area contributed by atoms with Gasteiger partial charge in [0.2, 0.25) is 0 Å². The van der Waals surface area contributed by atoms with Crippen molar-refractivity contribution in [1.82, 2.24) is 0 Å². The summed E-state index contributed by atoms with van der Waals surface area (Å²) in [7, 11) is 0. The van der Waals surface area contributed by atoms with Crippen LogP contribution in [0.1, 0.15) is 18.1 Å². The standard InChI is InChI=1S/C10H16N2S/c1-4-7-5-6(2)8(11)10(13-3)9(7)12/h5H,4,11-12H2,1-3H3. The number of benzene rings is 1. The summed E-state index contributed by atoms with van der Waals surface area (Å²) in [4.78, 5) is 1.02. The Morgan fingerprint density at radius 2 is 1.92 bits per heavy atom. The van der Waals surface area contributed by atoms with Crippen LogP contribution in [-0.4, -0.2) is 6.26 Å². The lowest BCUT2D eigenvalue weighted by atomic mass is 10.1. The Bertz CT molecular complexity index is 321. The molecule has 13 heavy (non-hydrogen) atoms. The molecule has 0 atom stereocenters. The van der Waals surface area contributed by atoms with E-state index in [1.54, 1.807) is 11.8 Å². The van der Waals surface area contributed by atoms with Crippen LogP contribution in [0.3, 0.4) is 0 Å². The molecule has 1 rings (SSSR count). The van der Waals surface area contributed by atoms with Gasteiger partial charge in [-0.25, -0.2) is 0 Å². The minimum Gasteiger partial charge on any atom is -0.398 e. The van der Waals surface area contributed by atoms with Crippen LogP contribution >= 0.6 is 11.8 Å². The molecule has 0 aliphatic carbocycles. The zero-order chi connectivity index (χ0) is 10.0. The fraction of sp³-hybridized carbons (Fsp3) is 0.400. The molecule has 4 N–H and O–H groups in total. The number of nitrogens with two attached hydrogens (primary N) is 2. The summed E-state index contributed by atoms with van der Waals surface area (Å²) in [6.45, 7) is 4.12. The summed E-state index contributed by atoms with van der Waals surface area (Å²) in [5.74, 6) is 0. The average Bonchev–Trinajstić information content (AvgIpc) is 2.12.